The molecule has 0 aliphatic carbocycles. The average Bonchev–Trinajstić information content (AvgIpc) is 2.92. The van der Waals surface area contributed by atoms with Crippen LogP contribution < -0.4 is 5.32 Å². The summed E-state index contributed by atoms with van der Waals surface area (Å²) in [6, 6.07) is 16.7. The van der Waals surface area contributed by atoms with E-state index in [9.17, 15) is 0 Å². The van der Waals surface area contributed by atoms with Gasteiger partial charge < -0.3 is 15.2 Å². The fourth-order valence-corrected chi connectivity index (χ4v) is 3.05. The number of rotatable bonds is 4. The topological polar surface area (TPSA) is 44.0 Å². The van der Waals surface area contributed by atoms with E-state index >= 15 is 0 Å². The van der Waals surface area contributed by atoms with Crippen molar-refractivity contribution in [3.63, 3.8) is 0 Å². The zero-order chi connectivity index (χ0) is 15.8. The van der Waals surface area contributed by atoms with Gasteiger partial charge in [0.05, 0.1) is 22.2 Å². The van der Waals surface area contributed by atoms with Crippen LogP contribution in [0.1, 0.15) is 0 Å². The van der Waals surface area contributed by atoms with E-state index in [2.05, 4.69) is 71.8 Å². The quantitative estimate of drug-likeness (QED) is 0.602. The Hall–Kier alpha value is -2.59. The fraction of sp³-hybridized carbons (Fsp3) is 0.211. The summed E-state index contributed by atoms with van der Waals surface area (Å²) in [5, 5.41) is 5.94. The van der Waals surface area contributed by atoms with Crippen LogP contribution in [0.5, 0.6) is 0 Å². The number of nitrogens with one attached hydrogen (secondary N) is 2. The fourth-order valence-electron chi connectivity index (χ4n) is 3.05. The number of fused-ring (bicyclic) bond motifs is 4. The first-order valence-corrected chi connectivity index (χ1v) is 7.92. The number of aromatic amines is 1. The van der Waals surface area contributed by atoms with Crippen LogP contribution in [-0.2, 0) is 0 Å². The number of aromatic nitrogens is 2. The summed E-state index contributed by atoms with van der Waals surface area (Å²) in [7, 11) is 4.18. The molecule has 4 aromatic rings. The van der Waals surface area contributed by atoms with Gasteiger partial charge in [-0.1, -0.05) is 36.4 Å². The molecule has 2 N–H and O–H groups in total. The maximum atomic E-state index is 4.89. The van der Waals surface area contributed by atoms with E-state index in [1.54, 1.807) is 0 Å². The smallest absolute Gasteiger partial charge is 0.0986 e. The Morgan fingerprint density at radius 2 is 1.74 bits per heavy atom. The number of hydrogen-bond donors (Lipinski definition) is 2. The second-order valence-electron chi connectivity index (χ2n) is 6.13. The Labute approximate surface area is 135 Å². The minimum atomic E-state index is 0.894. The predicted octanol–water partition coefficient (Wildman–Crippen LogP) is 3.84. The summed E-state index contributed by atoms with van der Waals surface area (Å²) in [6.07, 6.45) is 0. The molecular weight excluding hydrogens is 284 g/mol. The third-order valence-corrected chi connectivity index (χ3v) is 4.20. The molecule has 0 fully saturated rings. The standard InChI is InChI=1S/C19H20N4/c1-23(2)12-11-20-17-13-7-3-5-9-15(13)21-18-14-8-4-6-10-16(14)22-19(17)18/h3-10,22H,11-12H2,1-2H3,(H,20,21). The molecule has 23 heavy (non-hydrogen) atoms. The molecule has 0 radical (unpaired) electrons. The lowest BCUT2D eigenvalue weighted by atomic mass is 10.1. The first-order chi connectivity index (χ1) is 11.2. The van der Waals surface area contributed by atoms with E-state index in [1.165, 1.54) is 5.39 Å². The summed E-state index contributed by atoms with van der Waals surface area (Å²) in [5.74, 6) is 0. The van der Waals surface area contributed by atoms with Crippen LogP contribution in [0, 0.1) is 0 Å². The zero-order valence-corrected chi connectivity index (χ0v) is 13.4. The summed E-state index contributed by atoms with van der Waals surface area (Å²) >= 11 is 0. The van der Waals surface area contributed by atoms with Crippen LogP contribution in [0.4, 0.5) is 5.69 Å². The van der Waals surface area contributed by atoms with E-state index in [0.717, 1.165) is 46.2 Å². The lowest BCUT2D eigenvalue weighted by Gasteiger charge is -2.14. The molecule has 4 heteroatoms. The maximum Gasteiger partial charge on any atom is 0.0986 e. The molecule has 0 saturated heterocycles. The van der Waals surface area contributed by atoms with E-state index in [1.807, 2.05) is 6.07 Å². The highest BCUT2D eigenvalue weighted by atomic mass is 15.1. The van der Waals surface area contributed by atoms with Gasteiger partial charge in [-0.15, -0.1) is 0 Å². The molecule has 116 valence electrons. The number of benzene rings is 2. The summed E-state index contributed by atoms with van der Waals surface area (Å²) in [4.78, 5) is 10.6. The number of para-hydroxylation sites is 2. The van der Waals surface area contributed by atoms with Gasteiger partial charge in [-0.25, -0.2) is 4.98 Å². The minimum absolute atomic E-state index is 0.894. The maximum absolute atomic E-state index is 4.89. The van der Waals surface area contributed by atoms with Crippen molar-refractivity contribution < 1.29 is 0 Å². The Morgan fingerprint density at radius 3 is 2.57 bits per heavy atom. The molecule has 0 aliphatic rings. The van der Waals surface area contributed by atoms with Crippen molar-refractivity contribution in [2.24, 2.45) is 0 Å². The van der Waals surface area contributed by atoms with Gasteiger partial charge in [0.1, 0.15) is 0 Å². The minimum Gasteiger partial charge on any atom is -0.381 e. The highest BCUT2D eigenvalue weighted by Crippen LogP contribution is 2.34. The molecule has 2 heterocycles. The van der Waals surface area contributed by atoms with Crippen LogP contribution in [0.25, 0.3) is 32.8 Å². The molecule has 0 aliphatic heterocycles. The highest BCUT2D eigenvalue weighted by Gasteiger charge is 2.13. The molecule has 0 bridgehead atoms. The van der Waals surface area contributed by atoms with E-state index < -0.39 is 0 Å². The summed E-state index contributed by atoms with van der Waals surface area (Å²) in [6.45, 7) is 1.88. The largest absolute Gasteiger partial charge is 0.381 e. The third kappa shape index (κ3) is 2.41. The van der Waals surface area contributed by atoms with E-state index in [-0.39, 0.29) is 0 Å². The summed E-state index contributed by atoms with van der Waals surface area (Å²) < 4.78 is 0. The molecule has 0 saturated carbocycles. The van der Waals surface area contributed by atoms with E-state index in [4.69, 9.17) is 4.98 Å². The number of H-pyrrole nitrogens is 1. The van der Waals surface area contributed by atoms with Gasteiger partial charge in [0.15, 0.2) is 0 Å². The Kier molecular flexibility index (Phi) is 3.39. The average molecular weight is 304 g/mol. The van der Waals surface area contributed by atoms with Crippen molar-refractivity contribution >= 4 is 38.5 Å². The van der Waals surface area contributed by atoms with Gasteiger partial charge in [0.25, 0.3) is 0 Å². The van der Waals surface area contributed by atoms with Crippen molar-refractivity contribution in [3.8, 4) is 0 Å². The number of hydrogen-bond acceptors (Lipinski definition) is 3. The third-order valence-electron chi connectivity index (χ3n) is 4.20. The normalized spacial score (nSPS) is 11.8. The number of pyridine rings is 1. The van der Waals surface area contributed by atoms with Gasteiger partial charge in [-0.2, -0.15) is 0 Å². The van der Waals surface area contributed by atoms with Crippen molar-refractivity contribution in [3.05, 3.63) is 48.5 Å². The molecular formula is C19H20N4. The number of likely N-dealkylation sites (N-methyl/N-ethyl adjacent to an activating group) is 1. The van der Waals surface area contributed by atoms with Gasteiger partial charge in [0, 0.05) is 29.4 Å². The lowest BCUT2D eigenvalue weighted by molar-refractivity contribution is 0.425. The molecule has 4 rings (SSSR count). The van der Waals surface area contributed by atoms with Gasteiger partial charge in [-0.05, 0) is 26.2 Å². The predicted molar refractivity (Wildman–Crippen MR) is 98.1 cm³/mol. The molecule has 4 nitrogen and oxygen atoms in total. The highest BCUT2D eigenvalue weighted by molar-refractivity contribution is 6.15. The van der Waals surface area contributed by atoms with E-state index in [0.29, 0.717) is 0 Å². The first-order valence-electron chi connectivity index (χ1n) is 7.92. The second-order valence-corrected chi connectivity index (χ2v) is 6.13. The molecule has 0 unspecified atom stereocenters. The summed E-state index contributed by atoms with van der Waals surface area (Å²) in [5.41, 5.74) is 5.41. The number of anilines is 1. The Bertz CT molecular complexity index is 985. The molecule has 2 aromatic heterocycles. The van der Waals surface area contributed by atoms with Crippen molar-refractivity contribution in [1.82, 2.24) is 14.9 Å². The van der Waals surface area contributed by atoms with Crippen LogP contribution >= 0.6 is 0 Å². The van der Waals surface area contributed by atoms with Crippen LogP contribution in [0.2, 0.25) is 0 Å². The first kappa shape index (κ1) is 14.0. The molecule has 0 spiro atoms. The molecule has 0 atom stereocenters. The lowest BCUT2D eigenvalue weighted by Crippen LogP contribution is -2.21. The Morgan fingerprint density at radius 1 is 1.00 bits per heavy atom. The molecule has 2 aromatic carbocycles. The number of nitrogens with zero attached hydrogens (tertiary/aromatic N) is 2. The Balaban J connectivity index is 1.97. The van der Waals surface area contributed by atoms with Gasteiger partial charge in [0.2, 0.25) is 0 Å². The van der Waals surface area contributed by atoms with Crippen LogP contribution in [-0.4, -0.2) is 42.1 Å². The van der Waals surface area contributed by atoms with Crippen LogP contribution in [0.3, 0.4) is 0 Å². The zero-order valence-electron chi connectivity index (χ0n) is 13.4. The van der Waals surface area contributed by atoms with Crippen molar-refractivity contribution in [2.45, 2.75) is 0 Å². The monoisotopic (exact) mass is 304 g/mol. The van der Waals surface area contributed by atoms with Crippen molar-refractivity contribution in [1.29, 1.82) is 0 Å². The van der Waals surface area contributed by atoms with Gasteiger partial charge in [-0.3, -0.25) is 0 Å². The SMILES string of the molecule is CN(C)CCNc1c2ccccc2nc2c1[nH]c1ccccc12. The van der Waals surface area contributed by atoms with Crippen molar-refractivity contribution in [2.75, 3.05) is 32.5 Å². The molecule has 0 amide bonds. The van der Waals surface area contributed by atoms with Crippen LogP contribution in [0.15, 0.2) is 48.5 Å². The van der Waals surface area contributed by atoms with Gasteiger partial charge >= 0.3 is 0 Å². The second kappa shape index (κ2) is 5.56.